The average Bonchev–Trinajstić information content (AvgIpc) is 3.32. The van der Waals surface area contributed by atoms with Gasteiger partial charge in [0.2, 0.25) is 17.7 Å². The van der Waals surface area contributed by atoms with Crippen LogP contribution in [-0.2, 0) is 11.2 Å². The van der Waals surface area contributed by atoms with Gasteiger partial charge < -0.3 is 9.73 Å². The van der Waals surface area contributed by atoms with Crippen molar-refractivity contribution in [2.45, 2.75) is 57.4 Å². The van der Waals surface area contributed by atoms with E-state index in [-0.39, 0.29) is 18.2 Å². The third-order valence-electron chi connectivity index (χ3n) is 4.85. The second kappa shape index (κ2) is 7.79. The van der Waals surface area contributed by atoms with Gasteiger partial charge >= 0.3 is 0 Å². The van der Waals surface area contributed by atoms with Crippen LogP contribution in [0, 0.1) is 17.2 Å². The van der Waals surface area contributed by atoms with E-state index < -0.39 is 5.54 Å². The van der Waals surface area contributed by atoms with Crippen molar-refractivity contribution in [2.75, 3.05) is 0 Å². The lowest BCUT2D eigenvalue weighted by atomic mass is 9.76. The van der Waals surface area contributed by atoms with Crippen LogP contribution in [0.2, 0.25) is 0 Å². The van der Waals surface area contributed by atoms with Crippen LogP contribution in [0.15, 0.2) is 21.2 Å². The number of carbonyl (C=O) groups excluding carboxylic acids is 1. The first-order valence-electron chi connectivity index (χ1n) is 8.68. The van der Waals surface area contributed by atoms with Crippen molar-refractivity contribution in [3.8, 4) is 17.5 Å². The second-order valence-corrected chi connectivity index (χ2v) is 7.49. The Balaban J connectivity index is 1.54. The largest absolute Gasteiger partial charge is 0.421 e. The number of nitrogens with one attached hydrogen (secondary N) is 1. The summed E-state index contributed by atoms with van der Waals surface area (Å²) in [5.41, 5.74) is 0.0938. The number of nitriles is 1. The number of nitrogens with zero attached hydrogens (tertiary/aromatic N) is 3. The molecule has 0 aromatic carbocycles. The van der Waals surface area contributed by atoms with Crippen molar-refractivity contribution < 1.29 is 9.21 Å². The van der Waals surface area contributed by atoms with Crippen molar-refractivity contribution in [1.29, 1.82) is 5.26 Å². The summed E-state index contributed by atoms with van der Waals surface area (Å²) in [6.45, 7) is 1.84. The summed E-state index contributed by atoms with van der Waals surface area (Å²) in [6, 6.07) is 4.23. The normalized spacial score (nSPS) is 17.6. The van der Waals surface area contributed by atoms with E-state index in [2.05, 4.69) is 21.6 Å². The van der Waals surface area contributed by atoms with Gasteiger partial charge in [0.05, 0.1) is 6.07 Å². The van der Waals surface area contributed by atoms with Gasteiger partial charge in [-0.2, -0.15) is 16.6 Å². The van der Waals surface area contributed by atoms with Gasteiger partial charge in [-0.15, -0.1) is 10.2 Å². The Kier molecular flexibility index (Phi) is 5.49. The fourth-order valence-corrected chi connectivity index (χ4v) is 3.96. The molecule has 0 saturated heterocycles. The first-order chi connectivity index (χ1) is 12.1. The van der Waals surface area contributed by atoms with E-state index in [1.165, 1.54) is 6.42 Å². The molecular weight excluding hydrogens is 336 g/mol. The highest BCUT2D eigenvalue weighted by Crippen LogP contribution is 2.32. The van der Waals surface area contributed by atoms with Crippen LogP contribution in [0.1, 0.15) is 51.3 Å². The molecule has 7 heteroatoms. The first kappa shape index (κ1) is 17.6. The van der Waals surface area contributed by atoms with E-state index in [1.54, 1.807) is 11.3 Å². The third kappa shape index (κ3) is 4.26. The molecule has 1 fully saturated rings. The smallest absolute Gasteiger partial charge is 0.248 e. The number of hydrogen-bond donors (Lipinski definition) is 1. The molecule has 1 N–H and O–H groups in total. The number of amides is 1. The molecule has 2 aromatic rings. The number of carbonyl (C=O) groups is 1. The monoisotopic (exact) mass is 358 g/mol. The zero-order chi connectivity index (χ0) is 17.7. The van der Waals surface area contributed by atoms with E-state index >= 15 is 0 Å². The minimum atomic E-state index is -0.797. The maximum absolute atomic E-state index is 12.3. The predicted molar refractivity (Wildman–Crippen MR) is 94.7 cm³/mol. The molecule has 1 saturated carbocycles. The number of aromatic nitrogens is 2. The summed E-state index contributed by atoms with van der Waals surface area (Å²) in [5, 5.41) is 24.4. The van der Waals surface area contributed by atoms with Crippen LogP contribution in [0.3, 0.4) is 0 Å². The molecule has 2 aromatic heterocycles. The first-order valence-corrected chi connectivity index (χ1v) is 9.62. The summed E-state index contributed by atoms with van der Waals surface area (Å²) in [5.74, 6) is 0.988. The van der Waals surface area contributed by atoms with Gasteiger partial charge in [-0.05, 0) is 37.1 Å². The van der Waals surface area contributed by atoms with Crippen molar-refractivity contribution in [1.82, 2.24) is 15.5 Å². The van der Waals surface area contributed by atoms with Gasteiger partial charge in [0.15, 0.2) is 0 Å². The Bertz CT molecular complexity index is 743. The van der Waals surface area contributed by atoms with E-state index in [1.807, 2.05) is 23.8 Å². The Hall–Kier alpha value is -2.20. The number of thiophene rings is 1. The minimum absolute atomic E-state index is 0.148. The number of aryl methyl sites for hydroxylation is 1. The molecule has 0 bridgehead atoms. The second-order valence-electron chi connectivity index (χ2n) is 6.71. The molecule has 0 radical (unpaired) electrons. The molecule has 132 valence electrons. The standard InChI is InChI=1S/C18H22N4O2S/c1-18(12-19,14-5-3-2-4-6-14)20-15(23)7-8-16-21-22-17(24-16)13-9-10-25-11-13/h9-11,14H,2-8H2,1H3,(H,20,23)/t18-/m0/s1. The Morgan fingerprint density at radius 3 is 2.92 bits per heavy atom. The molecule has 1 aliphatic rings. The van der Waals surface area contributed by atoms with Crippen molar-refractivity contribution in [3.63, 3.8) is 0 Å². The van der Waals surface area contributed by atoms with Crippen LogP contribution in [0.25, 0.3) is 11.5 Å². The molecule has 0 aliphatic heterocycles. The summed E-state index contributed by atoms with van der Waals surface area (Å²) >= 11 is 1.56. The highest BCUT2D eigenvalue weighted by molar-refractivity contribution is 7.08. The van der Waals surface area contributed by atoms with Crippen molar-refractivity contribution >= 4 is 17.2 Å². The van der Waals surface area contributed by atoms with Crippen molar-refractivity contribution in [2.24, 2.45) is 5.92 Å². The highest BCUT2D eigenvalue weighted by atomic mass is 32.1. The maximum Gasteiger partial charge on any atom is 0.248 e. The van der Waals surface area contributed by atoms with Crippen LogP contribution in [0.5, 0.6) is 0 Å². The topological polar surface area (TPSA) is 91.8 Å². The summed E-state index contributed by atoms with van der Waals surface area (Å²) < 4.78 is 5.59. The zero-order valence-corrected chi connectivity index (χ0v) is 15.1. The molecule has 3 rings (SSSR count). The van der Waals surface area contributed by atoms with Gasteiger partial charge in [0.1, 0.15) is 5.54 Å². The summed E-state index contributed by atoms with van der Waals surface area (Å²) in [4.78, 5) is 12.3. The average molecular weight is 358 g/mol. The van der Waals surface area contributed by atoms with E-state index in [9.17, 15) is 10.1 Å². The fraction of sp³-hybridized carbons (Fsp3) is 0.556. The quantitative estimate of drug-likeness (QED) is 0.850. The van der Waals surface area contributed by atoms with Crippen molar-refractivity contribution in [3.05, 3.63) is 22.7 Å². The Morgan fingerprint density at radius 1 is 1.44 bits per heavy atom. The molecule has 1 amide bonds. The predicted octanol–water partition coefficient (Wildman–Crippen LogP) is 3.71. The lowest BCUT2D eigenvalue weighted by Gasteiger charge is -2.35. The van der Waals surface area contributed by atoms with Crippen LogP contribution >= 0.6 is 11.3 Å². The number of rotatable bonds is 6. The summed E-state index contributed by atoms with van der Waals surface area (Å²) in [6.07, 6.45) is 6.08. The Morgan fingerprint density at radius 2 is 2.24 bits per heavy atom. The van der Waals surface area contributed by atoms with Gasteiger partial charge in [0, 0.05) is 23.8 Å². The molecule has 0 unspecified atom stereocenters. The lowest BCUT2D eigenvalue weighted by Crippen LogP contribution is -2.51. The molecule has 1 atom stereocenters. The van der Waals surface area contributed by atoms with Crippen LogP contribution in [0.4, 0.5) is 0 Å². The van der Waals surface area contributed by atoms with E-state index in [0.29, 0.717) is 18.2 Å². The van der Waals surface area contributed by atoms with E-state index in [0.717, 1.165) is 31.2 Å². The molecule has 2 heterocycles. The highest BCUT2D eigenvalue weighted by Gasteiger charge is 2.36. The zero-order valence-electron chi connectivity index (χ0n) is 14.3. The number of hydrogen-bond acceptors (Lipinski definition) is 6. The van der Waals surface area contributed by atoms with Gasteiger partial charge in [-0.1, -0.05) is 19.3 Å². The Labute approximate surface area is 151 Å². The summed E-state index contributed by atoms with van der Waals surface area (Å²) in [7, 11) is 0. The molecule has 6 nitrogen and oxygen atoms in total. The van der Waals surface area contributed by atoms with Gasteiger partial charge in [0.25, 0.3) is 0 Å². The molecule has 0 spiro atoms. The molecular formula is C18H22N4O2S. The van der Waals surface area contributed by atoms with Crippen LogP contribution in [-0.4, -0.2) is 21.6 Å². The van der Waals surface area contributed by atoms with Gasteiger partial charge in [-0.25, -0.2) is 0 Å². The van der Waals surface area contributed by atoms with E-state index in [4.69, 9.17) is 4.42 Å². The fourth-order valence-electron chi connectivity index (χ4n) is 3.33. The minimum Gasteiger partial charge on any atom is -0.421 e. The van der Waals surface area contributed by atoms with Crippen LogP contribution < -0.4 is 5.32 Å². The van der Waals surface area contributed by atoms with Gasteiger partial charge in [-0.3, -0.25) is 4.79 Å². The maximum atomic E-state index is 12.3. The lowest BCUT2D eigenvalue weighted by molar-refractivity contribution is -0.123. The molecule has 25 heavy (non-hydrogen) atoms. The SMILES string of the molecule is C[C@@](C#N)(NC(=O)CCc1nnc(-c2ccsc2)o1)C1CCCCC1. The third-order valence-corrected chi connectivity index (χ3v) is 5.54. The molecule has 1 aliphatic carbocycles.